The summed E-state index contributed by atoms with van der Waals surface area (Å²) in [7, 11) is 0. The van der Waals surface area contributed by atoms with Crippen molar-refractivity contribution in [3.8, 4) is 0 Å². The standard InChI is InChI=1S/C12H18ClNS/c1-10(9-15-2)7-14-8-11-3-5-12(13)6-4-11/h3-6,10,14H,7-9H2,1-2H3. The van der Waals surface area contributed by atoms with Crippen LogP contribution >= 0.6 is 23.4 Å². The number of halogens is 1. The van der Waals surface area contributed by atoms with Gasteiger partial charge >= 0.3 is 0 Å². The van der Waals surface area contributed by atoms with Gasteiger partial charge in [-0.25, -0.2) is 0 Å². The molecule has 0 heterocycles. The highest BCUT2D eigenvalue weighted by Crippen LogP contribution is 2.09. The molecule has 1 rings (SSSR count). The van der Waals surface area contributed by atoms with E-state index in [1.165, 1.54) is 11.3 Å². The number of nitrogens with one attached hydrogen (secondary N) is 1. The molecule has 1 N–H and O–H groups in total. The molecule has 0 aliphatic rings. The van der Waals surface area contributed by atoms with Crippen LogP contribution in [0.25, 0.3) is 0 Å². The van der Waals surface area contributed by atoms with Crippen LogP contribution in [-0.4, -0.2) is 18.6 Å². The van der Waals surface area contributed by atoms with Crippen LogP contribution in [0.3, 0.4) is 0 Å². The van der Waals surface area contributed by atoms with Gasteiger partial charge in [-0.05, 0) is 42.2 Å². The molecule has 0 spiro atoms. The fourth-order valence-electron chi connectivity index (χ4n) is 1.41. The molecule has 1 unspecified atom stereocenters. The summed E-state index contributed by atoms with van der Waals surface area (Å²) >= 11 is 7.71. The first kappa shape index (κ1) is 12.9. The second kappa shape index (κ2) is 7.15. The first-order valence-electron chi connectivity index (χ1n) is 5.16. The van der Waals surface area contributed by atoms with Crippen molar-refractivity contribution >= 4 is 23.4 Å². The van der Waals surface area contributed by atoms with Crippen LogP contribution in [0.4, 0.5) is 0 Å². The second-order valence-electron chi connectivity index (χ2n) is 3.82. The van der Waals surface area contributed by atoms with Gasteiger partial charge in [0.05, 0.1) is 0 Å². The number of rotatable bonds is 6. The molecule has 0 saturated carbocycles. The highest BCUT2D eigenvalue weighted by atomic mass is 35.5. The molecule has 15 heavy (non-hydrogen) atoms. The molecule has 0 saturated heterocycles. The summed E-state index contributed by atoms with van der Waals surface area (Å²) in [6, 6.07) is 8.00. The molecule has 0 aliphatic carbocycles. The molecule has 0 bridgehead atoms. The van der Waals surface area contributed by atoms with Gasteiger partial charge in [0, 0.05) is 11.6 Å². The van der Waals surface area contributed by atoms with E-state index in [2.05, 4.69) is 30.6 Å². The van der Waals surface area contributed by atoms with Crippen molar-refractivity contribution in [2.45, 2.75) is 13.5 Å². The molecule has 1 atom stereocenters. The van der Waals surface area contributed by atoms with E-state index in [1.807, 2.05) is 23.9 Å². The predicted molar refractivity (Wildman–Crippen MR) is 70.7 cm³/mol. The minimum Gasteiger partial charge on any atom is -0.312 e. The highest BCUT2D eigenvalue weighted by Gasteiger charge is 2.00. The Labute approximate surface area is 102 Å². The lowest BCUT2D eigenvalue weighted by Crippen LogP contribution is -2.21. The molecule has 0 aliphatic heterocycles. The summed E-state index contributed by atoms with van der Waals surface area (Å²) in [6.45, 7) is 4.27. The summed E-state index contributed by atoms with van der Waals surface area (Å²) in [5, 5.41) is 4.25. The third-order valence-electron chi connectivity index (χ3n) is 2.19. The van der Waals surface area contributed by atoms with E-state index in [1.54, 1.807) is 0 Å². The Morgan fingerprint density at radius 2 is 2.00 bits per heavy atom. The molecular weight excluding hydrogens is 226 g/mol. The lowest BCUT2D eigenvalue weighted by Gasteiger charge is -2.11. The monoisotopic (exact) mass is 243 g/mol. The Morgan fingerprint density at radius 3 is 2.60 bits per heavy atom. The summed E-state index contributed by atoms with van der Waals surface area (Å²) in [6.07, 6.45) is 2.15. The van der Waals surface area contributed by atoms with Crippen molar-refractivity contribution in [3.05, 3.63) is 34.9 Å². The minimum atomic E-state index is 0.729. The van der Waals surface area contributed by atoms with Crippen molar-refractivity contribution in [2.75, 3.05) is 18.6 Å². The number of benzene rings is 1. The van der Waals surface area contributed by atoms with Crippen LogP contribution in [0.15, 0.2) is 24.3 Å². The van der Waals surface area contributed by atoms with E-state index in [0.29, 0.717) is 0 Å². The third-order valence-corrected chi connectivity index (χ3v) is 3.34. The van der Waals surface area contributed by atoms with Gasteiger partial charge in [0.2, 0.25) is 0 Å². The second-order valence-corrected chi connectivity index (χ2v) is 5.16. The molecule has 1 aromatic carbocycles. The lowest BCUT2D eigenvalue weighted by molar-refractivity contribution is 0.559. The quantitative estimate of drug-likeness (QED) is 0.822. The number of hydrogen-bond donors (Lipinski definition) is 1. The molecule has 1 aromatic rings. The van der Waals surface area contributed by atoms with E-state index in [0.717, 1.165) is 24.0 Å². The molecular formula is C12H18ClNS. The van der Waals surface area contributed by atoms with Crippen LogP contribution in [0.2, 0.25) is 5.02 Å². The molecule has 84 valence electrons. The molecule has 0 fully saturated rings. The average Bonchev–Trinajstić information content (AvgIpc) is 2.21. The molecule has 1 nitrogen and oxygen atoms in total. The summed E-state index contributed by atoms with van der Waals surface area (Å²) in [5.41, 5.74) is 1.29. The van der Waals surface area contributed by atoms with Crippen molar-refractivity contribution in [1.29, 1.82) is 0 Å². The SMILES string of the molecule is CSCC(C)CNCc1ccc(Cl)cc1. The summed E-state index contributed by atoms with van der Waals surface area (Å²) < 4.78 is 0. The zero-order valence-corrected chi connectivity index (χ0v) is 10.9. The van der Waals surface area contributed by atoms with Gasteiger partial charge in [0.25, 0.3) is 0 Å². The lowest BCUT2D eigenvalue weighted by atomic mass is 10.2. The normalized spacial score (nSPS) is 12.7. The Bertz CT molecular complexity index is 273. The zero-order valence-electron chi connectivity index (χ0n) is 9.29. The molecule has 0 amide bonds. The van der Waals surface area contributed by atoms with Crippen LogP contribution in [0.1, 0.15) is 12.5 Å². The maximum Gasteiger partial charge on any atom is 0.0406 e. The molecule has 3 heteroatoms. The van der Waals surface area contributed by atoms with E-state index >= 15 is 0 Å². The van der Waals surface area contributed by atoms with Gasteiger partial charge in [-0.1, -0.05) is 30.7 Å². The van der Waals surface area contributed by atoms with Gasteiger partial charge in [0.1, 0.15) is 0 Å². The van der Waals surface area contributed by atoms with Gasteiger partial charge in [-0.15, -0.1) is 0 Å². The molecule has 0 aromatic heterocycles. The third kappa shape index (κ3) is 5.45. The van der Waals surface area contributed by atoms with Gasteiger partial charge < -0.3 is 5.32 Å². The van der Waals surface area contributed by atoms with Crippen LogP contribution < -0.4 is 5.32 Å². The van der Waals surface area contributed by atoms with Crippen LogP contribution in [0, 0.1) is 5.92 Å². The first-order valence-corrected chi connectivity index (χ1v) is 6.93. The van der Waals surface area contributed by atoms with E-state index in [-0.39, 0.29) is 0 Å². The minimum absolute atomic E-state index is 0.729. The Balaban J connectivity index is 2.22. The fourth-order valence-corrected chi connectivity index (χ4v) is 2.22. The maximum absolute atomic E-state index is 5.81. The Kier molecular flexibility index (Phi) is 6.15. The number of hydrogen-bond acceptors (Lipinski definition) is 2. The van der Waals surface area contributed by atoms with Gasteiger partial charge in [0.15, 0.2) is 0 Å². The van der Waals surface area contributed by atoms with Crippen molar-refractivity contribution in [1.82, 2.24) is 5.32 Å². The Morgan fingerprint density at radius 1 is 1.33 bits per heavy atom. The van der Waals surface area contributed by atoms with Gasteiger partial charge in [-0.3, -0.25) is 0 Å². The van der Waals surface area contributed by atoms with E-state index in [9.17, 15) is 0 Å². The van der Waals surface area contributed by atoms with Crippen LogP contribution in [-0.2, 0) is 6.54 Å². The maximum atomic E-state index is 5.81. The first-order chi connectivity index (χ1) is 7.22. The van der Waals surface area contributed by atoms with Crippen molar-refractivity contribution in [2.24, 2.45) is 5.92 Å². The number of thioether (sulfide) groups is 1. The summed E-state index contributed by atoms with van der Waals surface area (Å²) in [4.78, 5) is 0. The van der Waals surface area contributed by atoms with Crippen LogP contribution in [0.5, 0.6) is 0 Å². The largest absolute Gasteiger partial charge is 0.312 e. The topological polar surface area (TPSA) is 12.0 Å². The highest BCUT2D eigenvalue weighted by molar-refractivity contribution is 7.98. The zero-order chi connectivity index (χ0) is 11.1. The van der Waals surface area contributed by atoms with E-state index in [4.69, 9.17) is 11.6 Å². The van der Waals surface area contributed by atoms with Crippen molar-refractivity contribution in [3.63, 3.8) is 0 Å². The Hall–Kier alpha value is -0.180. The smallest absolute Gasteiger partial charge is 0.0406 e. The predicted octanol–water partition coefficient (Wildman–Crippen LogP) is 3.43. The summed E-state index contributed by atoms with van der Waals surface area (Å²) in [5.74, 6) is 1.94. The van der Waals surface area contributed by atoms with E-state index < -0.39 is 0 Å². The fraction of sp³-hybridized carbons (Fsp3) is 0.500. The van der Waals surface area contributed by atoms with Crippen molar-refractivity contribution < 1.29 is 0 Å². The molecule has 0 radical (unpaired) electrons. The van der Waals surface area contributed by atoms with Gasteiger partial charge in [-0.2, -0.15) is 11.8 Å². The average molecular weight is 244 g/mol.